The Balaban J connectivity index is 1.46. The molecule has 1 aliphatic rings. The number of thiophene rings is 1. The van der Waals surface area contributed by atoms with Crippen molar-refractivity contribution in [2.24, 2.45) is 11.8 Å². The van der Waals surface area contributed by atoms with Crippen molar-refractivity contribution in [1.29, 1.82) is 0 Å². The van der Waals surface area contributed by atoms with Crippen LogP contribution in [-0.2, 0) is 4.79 Å². The molecule has 3 N–H and O–H groups in total. The van der Waals surface area contributed by atoms with Crippen molar-refractivity contribution in [3.63, 3.8) is 0 Å². The summed E-state index contributed by atoms with van der Waals surface area (Å²) >= 11 is 1.19. The van der Waals surface area contributed by atoms with E-state index in [1.54, 1.807) is 11.0 Å². The molecule has 1 amide bonds. The number of hydrogen-bond acceptors (Lipinski definition) is 6. The molecular formula is C29H31N3O4S. The predicted octanol–water partition coefficient (Wildman–Crippen LogP) is 7.07. The number of fused-ring (bicyclic) bond motifs is 1. The van der Waals surface area contributed by atoms with Crippen LogP contribution in [0.2, 0.25) is 0 Å². The molecule has 0 unspecified atom stereocenters. The molecule has 2 aromatic carbocycles. The lowest BCUT2D eigenvalue weighted by Gasteiger charge is -2.33. The summed E-state index contributed by atoms with van der Waals surface area (Å²) in [6.07, 6.45) is 3.77. The van der Waals surface area contributed by atoms with E-state index in [1.807, 2.05) is 56.3 Å². The Bertz CT molecular complexity index is 1450. The number of anilines is 2. The highest BCUT2D eigenvalue weighted by Gasteiger charge is 2.33. The van der Waals surface area contributed by atoms with Crippen LogP contribution in [-0.4, -0.2) is 28.0 Å². The first-order chi connectivity index (χ1) is 17.7. The third kappa shape index (κ3) is 4.85. The number of nitrogens with two attached hydrogens (primary N) is 1. The molecule has 5 rings (SSSR count). The van der Waals surface area contributed by atoms with Crippen molar-refractivity contribution in [1.82, 2.24) is 4.98 Å². The van der Waals surface area contributed by atoms with Gasteiger partial charge in [0.15, 0.2) is 5.58 Å². The zero-order chi connectivity index (χ0) is 26.3. The van der Waals surface area contributed by atoms with Crippen LogP contribution in [0.5, 0.6) is 0 Å². The predicted molar refractivity (Wildman–Crippen MR) is 148 cm³/mol. The minimum atomic E-state index is -1.03. The van der Waals surface area contributed by atoms with E-state index in [-0.39, 0.29) is 22.7 Å². The van der Waals surface area contributed by atoms with Gasteiger partial charge < -0.3 is 20.2 Å². The van der Waals surface area contributed by atoms with E-state index in [0.717, 1.165) is 41.7 Å². The van der Waals surface area contributed by atoms with Gasteiger partial charge in [0.25, 0.3) is 0 Å². The van der Waals surface area contributed by atoms with Crippen LogP contribution in [0.3, 0.4) is 0 Å². The number of carboxylic acids is 1. The first kappa shape index (κ1) is 25.0. The van der Waals surface area contributed by atoms with Crippen LogP contribution in [0, 0.1) is 11.8 Å². The number of carbonyl (C=O) groups is 2. The highest BCUT2D eigenvalue weighted by atomic mass is 32.1. The highest BCUT2D eigenvalue weighted by Crippen LogP contribution is 2.40. The van der Waals surface area contributed by atoms with Gasteiger partial charge >= 0.3 is 5.97 Å². The number of benzene rings is 2. The Morgan fingerprint density at radius 2 is 1.76 bits per heavy atom. The number of oxazole rings is 1. The molecule has 37 heavy (non-hydrogen) atoms. The summed E-state index contributed by atoms with van der Waals surface area (Å²) in [4.78, 5) is 33.0. The van der Waals surface area contributed by atoms with E-state index < -0.39 is 5.97 Å². The Morgan fingerprint density at radius 1 is 1.08 bits per heavy atom. The Morgan fingerprint density at radius 3 is 2.38 bits per heavy atom. The number of para-hydroxylation sites is 1. The lowest BCUT2D eigenvalue weighted by atomic mass is 9.82. The molecule has 2 aromatic heterocycles. The summed E-state index contributed by atoms with van der Waals surface area (Å²) in [7, 11) is 0. The number of nitrogen functional groups attached to an aromatic ring is 1. The zero-order valence-corrected chi connectivity index (χ0v) is 22.0. The molecular weight excluding hydrogens is 486 g/mol. The number of amides is 1. The van der Waals surface area contributed by atoms with Crippen molar-refractivity contribution < 1.29 is 19.1 Å². The van der Waals surface area contributed by atoms with Crippen molar-refractivity contribution >= 4 is 45.7 Å². The number of nitrogens with zero attached hydrogens (tertiary/aromatic N) is 2. The van der Waals surface area contributed by atoms with Crippen LogP contribution in [0.1, 0.15) is 56.1 Å². The van der Waals surface area contributed by atoms with Gasteiger partial charge in [0, 0.05) is 22.4 Å². The van der Waals surface area contributed by atoms with Crippen molar-refractivity contribution in [3.05, 3.63) is 53.4 Å². The molecule has 1 saturated carbocycles. The Hall–Kier alpha value is -3.65. The molecule has 1 fully saturated rings. The van der Waals surface area contributed by atoms with E-state index >= 15 is 0 Å². The second-order valence-electron chi connectivity index (χ2n) is 10.2. The SMILES string of the molecule is CC(C)N(c1cc(-c2ccc(-c3nc4c(N)cccc4o3)cc2)sc1C(=O)O)C(=O)[C@H]1CC[C@H](C)CC1. The van der Waals surface area contributed by atoms with Crippen molar-refractivity contribution in [2.75, 3.05) is 10.6 Å². The second-order valence-corrected chi connectivity index (χ2v) is 11.2. The number of aromatic carboxylic acids is 1. The maximum atomic E-state index is 13.6. The van der Waals surface area contributed by atoms with E-state index in [4.69, 9.17) is 10.2 Å². The second kappa shape index (κ2) is 10.0. The average Bonchev–Trinajstić information content (AvgIpc) is 3.50. The largest absolute Gasteiger partial charge is 0.477 e. The zero-order valence-electron chi connectivity index (χ0n) is 21.2. The molecule has 2 heterocycles. The summed E-state index contributed by atoms with van der Waals surface area (Å²) in [5.74, 6) is 0.0418. The summed E-state index contributed by atoms with van der Waals surface area (Å²) in [5, 5.41) is 10.0. The molecule has 1 aliphatic carbocycles. The monoisotopic (exact) mass is 517 g/mol. The first-order valence-electron chi connectivity index (χ1n) is 12.7. The summed E-state index contributed by atoms with van der Waals surface area (Å²) in [6.45, 7) is 6.10. The van der Waals surface area contributed by atoms with Crippen molar-refractivity contribution in [2.45, 2.75) is 52.5 Å². The van der Waals surface area contributed by atoms with Crippen molar-refractivity contribution in [3.8, 4) is 21.9 Å². The standard InChI is InChI=1S/C29H31N3O4S/c1-16(2)32(28(33)20-9-7-17(3)8-10-20)22-15-24(37-26(22)29(34)35)18-11-13-19(14-12-18)27-31-25-21(30)5-4-6-23(25)36-27/h4-6,11-17,20H,7-10,30H2,1-3H3,(H,34,35)/t17-,20-. The van der Waals surface area contributed by atoms with Gasteiger partial charge in [0.05, 0.1) is 11.4 Å². The average molecular weight is 518 g/mol. The molecule has 0 radical (unpaired) electrons. The molecule has 0 saturated heterocycles. The summed E-state index contributed by atoms with van der Waals surface area (Å²) < 4.78 is 5.87. The summed E-state index contributed by atoms with van der Waals surface area (Å²) in [5.41, 5.74) is 9.95. The third-order valence-electron chi connectivity index (χ3n) is 7.15. The van der Waals surface area contributed by atoms with Crippen LogP contribution in [0.25, 0.3) is 33.0 Å². The molecule has 7 nitrogen and oxygen atoms in total. The van der Waals surface area contributed by atoms with Gasteiger partial charge in [0.1, 0.15) is 10.4 Å². The maximum absolute atomic E-state index is 13.6. The minimum absolute atomic E-state index is 0.0272. The molecule has 0 bridgehead atoms. The highest BCUT2D eigenvalue weighted by molar-refractivity contribution is 7.18. The first-order valence-corrected chi connectivity index (χ1v) is 13.5. The van der Waals surface area contributed by atoms with Gasteiger partial charge in [-0.1, -0.05) is 25.1 Å². The number of carbonyl (C=O) groups excluding carboxylic acids is 1. The van der Waals surface area contributed by atoms with Crippen LogP contribution in [0.15, 0.2) is 52.9 Å². The van der Waals surface area contributed by atoms with E-state index in [2.05, 4.69) is 11.9 Å². The van der Waals surface area contributed by atoms with Gasteiger partial charge in [0.2, 0.25) is 11.8 Å². The molecule has 4 aromatic rings. The van der Waals surface area contributed by atoms with Gasteiger partial charge in [-0.2, -0.15) is 0 Å². The molecule has 8 heteroatoms. The van der Waals surface area contributed by atoms with Gasteiger partial charge in [-0.3, -0.25) is 4.79 Å². The topological polar surface area (TPSA) is 110 Å². The number of carboxylic acid groups (broad SMARTS) is 1. The van der Waals surface area contributed by atoms with Crippen LogP contribution < -0.4 is 10.6 Å². The Labute approximate surface area is 219 Å². The Kier molecular flexibility index (Phi) is 6.77. The quantitative estimate of drug-likeness (QED) is 0.265. The van der Waals surface area contributed by atoms with E-state index in [1.165, 1.54) is 11.3 Å². The minimum Gasteiger partial charge on any atom is -0.477 e. The smallest absolute Gasteiger partial charge is 0.348 e. The van der Waals surface area contributed by atoms with Gasteiger partial charge in [-0.15, -0.1) is 11.3 Å². The fraction of sp³-hybridized carbons (Fsp3) is 0.345. The maximum Gasteiger partial charge on any atom is 0.348 e. The summed E-state index contributed by atoms with van der Waals surface area (Å²) in [6, 6.07) is 14.7. The van der Waals surface area contributed by atoms with E-state index in [0.29, 0.717) is 34.3 Å². The fourth-order valence-corrected chi connectivity index (χ4v) is 6.07. The van der Waals surface area contributed by atoms with Gasteiger partial charge in [-0.25, -0.2) is 9.78 Å². The van der Waals surface area contributed by atoms with Crippen LogP contribution >= 0.6 is 11.3 Å². The van der Waals surface area contributed by atoms with Crippen LogP contribution in [0.4, 0.5) is 11.4 Å². The number of aromatic nitrogens is 1. The molecule has 0 atom stereocenters. The molecule has 192 valence electrons. The molecule has 0 aliphatic heterocycles. The lowest BCUT2D eigenvalue weighted by Crippen LogP contribution is -2.42. The normalized spacial score (nSPS) is 17.8. The van der Waals surface area contributed by atoms with E-state index in [9.17, 15) is 14.7 Å². The molecule has 0 spiro atoms. The fourth-order valence-electron chi connectivity index (χ4n) is 5.08. The number of hydrogen-bond donors (Lipinski definition) is 2. The van der Waals surface area contributed by atoms with Gasteiger partial charge in [-0.05, 0) is 81.3 Å². The number of rotatable bonds is 6. The lowest BCUT2D eigenvalue weighted by molar-refractivity contribution is -0.123. The third-order valence-corrected chi connectivity index (χ3v) is 8.31.